The average molecular weight is 321 g/mol. The highest BCUT2D eigenvalue weighted by Crippen LogP contribution is 2.27. The van der Waals surface area contributed by atoms with Gasteiger partial charge in [-0.25, -0.2) is 0 Å². The predicted octanol–water partition coefficient (Wildman–Crippen LogP) is 3.47. The fraction of sp³-hybridized carbons (Fsp3) is 0.500. The summed E-state index contributed by atoms with van der Waals surface area (Å²) in [4.78, 5) is 11.8. The smallest absolute Gasteiger partial charge is 0.241 e. The largest absolute Gasteiger partial charge is 0.492 e. The van der Waals surface area contributed by atoms with Crippen LogP contribution in [-0.2, 0) is 4.79 Å². The van der Waals surface area contributed by atoms with Crippen LogP contribution in [-0.4, -0.2) is 18.6 Å². The van der Waals surface area contributed by atoms with Crippen LogP contribution in [0.25, 0.3) is 0 Å². The highest BCUT2D eigenvalue weighted by Gasteiger charge is 2.17. The molecule has 1 atom stereocenters. The van der Waals surface area contributed by atoms with Gasteiger partial charge in [-0.15, -0.1) is 12.4 Å². The molecule has 0 radical (unpaired) electrons. The summed E-state index contributed by atoms with van der Waals surface area (Å²) >= 11 is 6.08. The molecule has 0 fully saturated rings. The molecule has 6 heteroatoms. The lowest BCUT2D eigenvalue weighted by Crippen LogP contribution is -2.39. The van der Waals surface area contributed by atoms with Crippen LogP contribution in [0.2, 0.25) is 5.02 Å². The van der Waals surface area contributed by atoms with Crippen molar-refractivity contribution < 1.29 is 9.53 Å². The Morgan fingerprint density at radius 1 is 1.45 bits per heavy atom. The zero-order chi connectivity index (χ0) is 14.4. The van der Waals surface area contributed by atoms with Crippen LogP contribution >= 0.6 is 24.0 Å². The summed E-state index contributed by atoms with van der Waals surface area (Å²) in [6.07, 6.45) is 0.915. The van der Waals surface area contributed by atoms with Crippen molar-refractivity contribution in [2.24, 2.45) is 11.7 Å². The Morgan fingerprint density at radius 2 is 2.10 bits per heavy atom. The van der Waals surface area contributed by atoms with E-state index in [1.807, 2.05) is 20.8 Å². The molecule has 4 nitrogen and oxygen atoms in total. The van der Waals surface area contributed by atoms with E-state index in [1.54, 1.807) is 18.2 Å². The number of nitrogens with one attached hydrogen (secondary N) is 1. The van der Waals surface area contributed by atoms with Crippen LogP contribution in [0.1, 0.15) is 27.2 Å². The van der Waals surface area contributed by atoms with E-state index in [1.165, 1.54) is 0 Å². The standard InChI is InChI=1S/C14H21ClN2O2.ClH/c1-4-7-19-12-6-5-10(8-11(12)15)17-14(18)13(16)9(2)3;/h5-6,8-9,13H,4,7,16H2,1-3H3,(H,17,18);1H. The third-order valence-electron chi connectivity index (χ3n) is 2.68. The molecule has 0 bridgehead atoms. The lowest BCUT2D eigenvalue weighted by atomic mass is 10.0. The highest BCUT2D eigenvalue weighted by molar-refractivity contribution is 6.32. The van der Waals surface area contributed by atoms with E-state index < -0.39 is 6.04 Å². The van der Waals surface area contributed by atoms with E-state index in [9.17, 15) is 4.79 Å². The summed E-state index contributed by atoms with van der Waals surface area (Å²) in [6, 6.07) is 4.63. The van der Waals surface area contributed by atoms with E-state index in [-0.39, 0.29) is 24.2 Å². The zero-order valence-corrected chi connectivity index (χ0v) is 13.6. The predicted molar refractivity (Wildman–Crippen MR) is 85.9 cm³/mol. The number of halogens is 2. The molecule has 0 aliphatic heterocycles. The van der Waals surface area contributed by atoms with Crippen molar-refractivity contribution in [3.8, 4) is 5.75 Å². The van der Waals surface area contributed by atoms with Gasteiger partial charge in [-0.3, -0.25) is 4.79 Å². The van der Waals surface area contributed by atoms with Crippen LogP contribution in [0.4, 0.5) is 5.69 Å². The number of ether oxygens (including phenoxy) is 1. The second-order valence-corrected chi connectivity index (χ2v) is 5.16. The Hall–Kier alpha value is -0.970. The van der Waals surface area contributed by atoms with Crippen LogP contribution in [0.3, 0.4) is 0 Å². The Labute approximate surface area is 131 Å². The first kappa shape index (κ1) is 19.0. The minimum Gasteiger partial charge on any atom is -0.492 e. The fourth-order valence-corrected chi connectivity index (χ4v) is 1.67. The molecule has 0 spiro atoms. The van der Waals surface area contributed by atoms with Crippen molar-refractivity contribution in [3.63, 3.8) is 0 Å². The first-order valence-corrected chi connectivity index (χ1v) is 6.82. The van der Waals surface area contributed by atoms with Crippen LogP contribution in [0.15, 0.2) is 18.2 Å². The Balaban J connectivity index is 0.00000361. The van der Waals surface area contributed by atoms with Crippen LogP contribution < -0.4 is 15.8 Å². The lowest BCUT2D eigenvalue weighted by Gasteiger charge is -2.16. The summed E-state index contributed by atoms with van der Waals surface area (Å²) in [7, 11) is 0. The van der Waals surface area contributed by atoms with Gasteiger partial charge in [-0.2, -0.15) is 0 Å². The van der Waals surface area contributed by atoms with Gasteiger partial charge in [0.15, 0.2) is 0 Å². The summed E-state index contributed by atoms with van der Waals surface area (Å²) in [5, 5.41) is 3.22. The Kier molecular flexibility index (Phi) is 8.62. The maximum Gasteiger partial charge on any atom is 0.241 e. The van der Waals surface area contributed by atoms with Gasteiger partial charge in [0.2, 0.25) is 5.91 Å². The molecular formula is C14H22Cl2N2O2. The number of nitrogens with two attached hydrogens (primary N) is 1. The van der Waals surface area contributed by atoms with E-state index in [4.69, 9.17) is 22.1 Å². The first-order valence-electron chi connectivity index (χ1n) is 6.44. The molecule has 0 heterocycles. The van der Waals surface area contributed by atoms with Crippen molar-refractivity contribution >= 4 is 35.6 Å². The second kappa shape index (κ2) is 9.06. The Bertz CT molecular complexity index is 439. The summed E-state index contributed by atoms with van der Waals surface area (Å²) < 4.78 is 5.46. The van der Waals surface area contributed by atoms with Gasteiger partial charge in [-0.05, 0) is 30.5 Å². The molecule has 20 heavy (non-hydrogen) atoms. The number of carbonyl (C=O) groups is 1. The summed E-state index contributed by atoms with van der Waals surface area (Å²) in [6.45, 7) is 6.44. The first-order chi connectivity index (χ1) is 8.95. The van der Waals surface area contributed by atoms with Crippen molar-refractivity contribution in [2.75, 3.05) is 11.9 Å². The third-order valence-corrected chi connectivity index (χ3v) is 2.98. The van der Waals surface area contributed by atoms with Gasteiger partial charge >= 0.3 is 0 Å². The molecule has 0 saturated carbocycles. The van der Waals surface area contributed by atoms with Gasteiger partial charge < -0.3 is 15.8 Å². The lowest BCUT2D eigenvalue weighted by molar-refractivity contribution is -0.118. The molecule has 0 aliphatic rings. The van der Waals surface area contributed by atoms with Crippen molar-refractivity contribution in [2.45, 2.75) is 33.2 Å². The molecule has 114 valence electrons. The number of hydrogen-bond acceptors (Lipinski definition) is 3. The van der Waals surface area contributed by atoms with Gasteiger partial charge in [0.1, 0.15) is 5.75 Å². The average Bonchev–Trinajstić information content (AvgIpc) is 2.36. The summed E-state index contributed by atoms with van der Waals surface area (Å²) in [5.74, 6) is 0.491. The fourth-order valence-electron chi connectivity index (χ4n) is 1.44. The van der Waals surface area contributed by atoms with Crippen molar-refractivity contribution in [3.05, 3.63) is 23.2 Å². The van der Waals surface area contributed by atoms with E-state index in [2.05, 4.69) is 5.32 Å². The van der Waals surface area contributed by atoms with Gasteiger partial charge in [-0.1, -0.05) is 32.4 Å². The number of rotatable bonds is 6. The zero-order valence-electron chi connectivity index (χ0n) is 12.0. The third kappa shape index (κ3) is 5.57. The maximum absolute atomic E-state index is 11.8. The van der Waals surface area contributed by atoms with E-state index >= 15 is 0 Å². The summed E-state index contributed by atoms with van der Waals surface area (Å²) in [5.41, 5.74) is 6.39. The van der Waals surface area contributed by atoms with E-state index in [0.717, 1.165) is 6.42 Å². The maximum atomic E-state index is 11.8. The van der Waals surface area contributed by atoms with Crippen LogP contribution in [0.5, 0.6) is 5.75 Å². The topological polar surface area (TPSA) is 64.3 Å². The quantitative estimate of drug-likeness (QED) is 0.843. The minimum atomic E-state index is -0.533. The number of amides is 1. The number of carbonyl (C=O) groups excluding carboxylic acids is 1. The molecular weight excluding hydrogens is 299 g/mol. The SMILES string of the molecule is CCCOc1ccc(NC(=O)C(N)C(C)C)cc1Cl.Cl. The van der Waals surface area contributed by atoms with Gasteiger partial charge in [0.05, 0.1) is 17.7 Å². The van der Waals surface area contributed by atoms with Crippen molar-refractivity contribution in [1.82, 2.24) is 0 Å². The molecule has 1 aromatic rings. The number of hydrogen-bond donors (Lipinski definition) is 2. The Morgan fingerprint density at radius 3 is 2.60 bits per heavy atom. The molecule has 1 unspecified atom stereocenters. The number of benzene rings is 1. The highest BCUT2D eigenvalue weighted by atomic mass is 35.5. The normalized spacial score (nSPS) is 11.7. The molecule has 0 aromatic heterocycles. The molecule has 0 aliphatic carbocycles. The molecule has 1 amide bonds. The molecule has 1 rings (SSSR count). The second-order valence-electron chi connectivity index (χ2n) is 4.75. The van der Waals surface area contributed by atoms with Gasteiger partial charge in [0, 0.05) is 5.69 Å². The van der Waals surface area contributed by atoms with Crippen molar-refractivity contribution in [1.29, 1.82) is 0 Å². The molecule has 1 aromatic carbocycles. The number of anilines is 1. The monoisotopic (exact) mass is 320 g/mol. The molecule has 0 saturated heterocycles. The molecule has 3 N–H and O–H groups in total. The van der Waals surface area contributed by atoms with Crippen LogP contribution in [0, 0.1) is 5.92 Å². The minimum absolute atomic E-state index is 0. The van der Waals surface area contributed by atoms with Gasteiger partial charge in [0.25, 0.3) is 0 Å². The van der Waals surface area contributed by atoms with E-state index in [0.29, 0.717) is 23.1 Å².